The quantitative estimate of drug-likeness (QED) is 0.536. The molecule has 2 rings (SSSR count). The molecule has 0 saturated heterocycles. The van der Waals surface area contributed by atoms with Crippen LogP contribution in [0.5, 0.6) is 0 Å². The van der Waals surface area contributed by atoms with E-state index in [0.717, 1.165) is 4.47 Å². The molecule has 0 bridgehead atoms. The van der Waals surface area contributed by atoms with Gasteiger partial charge in [0.15, 0.2) is 0 Å². The molecule has 4 nitrogen and oxygen atoms in total. The molecule has 1 N–H and O–H groups in total. The first-order valence-corrected chi connectivity index (χ1v) is 5.90. The van der Waals surface area contributed by atoms with Crippen LogP contribution in [0.4, 0.5) is 5.69 Å². The summed E-state index contributed by atoms with van der Waals surface area (Å²) < 4.78 is 5.91. The second kappa shape index (κ2) is 5.20. The Morgan fingerprint density at radius 1 is 1.28 bits per heavy atom. The summed E-state index contributed by atoms with van der Waals surface area (Å²) >= 11 is 3.27. The molecule has 0 unspecified atom stereocenters. The van der Waals surface area contributed by atoms with E-state index < -0.39 is 5.91 Å². The molecule has 18 heavy (non-hydrogen) atoms. The molecule has 0 aliphatic carbocycles. The van der Waals surface area contributed by atoms with Crippen molar-refractivity contribution in [2.75, 3.05) is 5.06 Å². The Morgan fingerprint density at radius 3 is 2.50 bits per heavy atom. The first-order chi connectivity index (χ1) is 8.59. The SMILES string of the molecule is C=C(C(=O)N(O)c1ccc(Br)cc1)c1ccco1. The van der Waals surface area contributed by atoms with Gasteiger partial charge in [-0.05, 0) is 36.4 Å². The summed E-state index contributed by atoms with van der Waals surface area (Å²) in [6.45, 7) is 3.61. The Kier molecular flexibility index (Phi) is 3.64. The zero-order valence-corrected chi connectivity index (χ0v) is 10.9. The van der Waals surface area contributed by atoms with Gasteiger partial charge in [-0.15, -0.1) is 0 Å². The highest BCUT2D eigenvalue weighted by atomic mass is 79.9. The highest BCUT2D eigenvalue weighted by Gasteiger charge is 2.19. The second-order valence-electron chi connectivity index (χ2n) is 3.55. The zero-order valence-electron chi connectivity index (χ0n) is 9.34. The average molecular weight is 308 g/mol. The Balaban J connectivity index is 2.19. The minimum atomic E-state index is -0.632. The number of hydroxylamine groups is 1. The van der Waals surface area contributed by atoms with Gasteiger partial charge in [-0.1, -0.05) is 22.5 Å². The van der Waals surface area contributed by atoms with Crippen molar-refractivity contribution in [2.45, 2.75) is 0 Å². The van der Waals surface area contributed by atoms with Gasteiger partial charge in [0, 0.05) is 4.47 Å². The predicted octanol–water partition coefficient (Wildman–Crippen LogP) is 3.48. The Bertz CT molecular complexity index is 560. The molecule has 1 aromatic heterocycles. The molecule has 0 aliphatic heterocycles. The summed E-state index contributed by atoms with van der Waals surface area (Å²) in [5.74, 6) is -0.302. The van der Waals surface area contributed by atoms with Crippen LogP contribution >= 0.6 is 15.9 Å². The Hall–Kier alpha value is -1.85. The molecule has 1 heterocycles. The lowest BCUT2D eigenvalue weighted by molar-refractivity contribution is -0.118. The third-order valence-electron chi connectivity index (χ3n) is 2.34. The van der Waals surface area contributed by atoms with Crippen LogP contribution < -0.4 is 5.06 Å². The van der Waals surface area contributed by atoms with E-state index in [2.05, 4.69) is 22.5 Å². The first kappa shape index (κ1) is 12.6. The van der Waals surface area contributed by atoms with Crippen LogP contribution in [0.25, 0.3) is 5.57 Å². The Labute approximate surface area is 112 Å². The zero-order chi connectivity index (χ0) is 13.1. The number of anilines is 1. The fourth-order valence-electron chi connectivity index (χ4n) is 1.38. The van der Waals surface area contributed by atoms with E-state index in [9.17, 15) is 10.0 Å². The third-order valence-corrected chi connectivity index (χ3v) is 2.87. The smallest absolute Gasteiger partial charge is 0.285 e. The number of carbonyl (C=O) groups excluding carboxylic acids is 1. The first-order valence-electron chi connectivity index (χ1n) is 5.11. The number of rotatable bonds is 3. The molecule has 5 heteroatoms. The molecule has 0 spiro atoms. The lowest BCUT2D eigenvalue weighted by Gasteiger charge is -2.15. The van der Waals surface area contributed by atoms with Crippen molar-refractivity contribution in [1.29, 1.82) is 0 Å². The van der Waals surface area contributed by atoms with Crippen LogP contribution in [-0.4, -0.2) is 11.1 Å². The number of halogens is 1. The van der Waals surface area contributed by atoms with Crippen molar-refractivity contribution in [3.05, 3.63) is 59.5 Å². The van der Waals surface area contributed by atoms with Crippen molar-refractivity contribution in [3.8, 4) is 0 Å². The molecule has 0 fully saturated rings. The van der Waals surface area contributed by atoms with E-state index in [1.54, 1.807) is 36.4 Å². The van der Waals surface area contributed by atoms with Crippen molar-refractivity contribution < 1.29 is 14.4 Å². The van der Waals surface area contributed by atoms with E-state index in [1.807, 2.05) is 0 Å². The molecular weight excluding hydrogens is 298 g/mol. The third kappa shape index (κ3) is 2.52. The van der Waals surface area contributed by atoms with Gasteiger partial charge in [0.25, 0.3) is 5.91 Å². The highest BCUT2D eigenvalue weighted by Crippen LogP contribution is 2.21. The summed E-state index contributed by atoms with van der Waals surface area (Å²) in [5, 5.41) is 10.4. The van der Waals surface area contributed by atoms with Crippen molar-refractivity contribution in [2.24, 2.45) is 0 Å². The number of nitrogens with zero attached hydrogens (tertiary/aromatic N) is 1. The number of hydrogen-bond donors (Lipinski definition) is 1. The van der Waals surface area contributed by atoms with Gasteiger partial charge in [-0.2, -0.15) is 5.06 Å². The van der Waals surface area contributed by atoms with Crippen LogP contribution in [0.3, 0.4) is 0 Å². The van der Waals surface area contributed by atoms with Crippen LogP contribution in [0.1, 0.15) is 5.76 Å². The highest BCUT2D eigenvalue weighted by molar-refractivity contribution is 9.10. The van der Waals surface area contributed by atoms with Gasteiger partial charge >= 0.3 is 0 Å². The maximum Gasteiger partial charge on any atom is 0.285 e. The number of benzene rings is 1. The molecule has 1 aromatic carbocycles. The minimum absolute atomic E-state index is 0.0884. The van der Waals surface area contributed by atoms with Gasteiger partial charge in [0.2, 0.25) is 0 Å². The van der Waals surface area contributed by atoms with Gasteiger partial charge in [0.1, 0.15) is 5.76 Å². The van der Waals surface area contributed by atoms with Crippen molar-refractivity contribution >= 4 is 33.1 Å². The second-order valence-corrected chi connectivity index (χ2v) is 4.46. The number of hydrogen-bond acceptors (Lipinski definition) is 3. The van der Waals surface area contributed by atoms with E-state index in [1.165, 1.54) is 6.26 Å². The Morgan fingerprint density at radius 2 is 1.94 bits per heavy atom. The average Bonchev–Trinajstić information content (AvgIpc) is 2.91. The fourth-order valence-corrected chi connectivity index (χ4v) is 1.65. The van der Waals surface area contributed by atoms with E-state index >= 15 is 0 Å². The summed E-state index contributed by atoms with van der Waals surface area (Å²) in [6, 6.07) is 9.92. The summed E-state index contributed by atoms with van der Waals surface area (Å²) in [5.41, 5.74) is 0.446. The van der Waals surface area contributed by atoms with Gasteiger partial charge in [-0.25, -0.2) is 0 Å². The predicted molar refractivity (Wildman–Crippen MR) is 71.2 cm³/mol. The van der Waals surface area contributed by atoms with Gasteiger partial charge in [-0.3, -0.25) is 10.0 Å². The van der Waals surface area contributed by atoms with Crippen LogP contribution in [0, 0.1) is 0 Å². The summed E-state index contributed by atoms with van der Waals surface area (Å²) in [4.78, 5) is 11.9. The summed E-state index contributed by atoms with van der Waals surface area (Å²) in [7, 11) is 0. The normalized spacial score (nSPS) is 10.1. The number of amides is 1. The van der Waals surface area contributed by atoms with Crippen molar-refractivity contribution in [3.63, 3.8) is 0 Å². The van der Waals surface area contributed by atoms with Gasteiger partial charge in [0.05, 0.1) is 17.5 Å². The molecule has 2 aromatic rings. The fraction of sp³-hybridized carbons (Fsp3) is 0. The van der Waals surface area contributed by atoms with Crippen molar-refractivity contribution in [1.82, 2.24) is 0 Å². The molecule has 92 valence electrons. The van der Waals surface area contributed by atoms with Crippen LogP contribution in [0.15, 0.2) is 58.1 Å². The van der Waals surface area contributed by atoms with Crippen LogP contribution in [0.2, 0.25) is 0 Å². The molecule has 0 saturated carbocycles. The summed E-state index contributed by atoms with van der Waals surface area (Å²) in [6.07, 6.45) is 1.44. The maximum atomic E-state index is 11.9. The monoisotopic (exact) mass is 307 g/mol. The van der Waals surface area contributed by atoms with Gasteiger partial charge < -0.3 is 4.42 Å². The largest absolute Gasteiger partial charge is 0.464 e. The molecule has 1 amide bonds. The molecular formula is C13H10BrNO3. The molecule has 0 atom stereocenters. The lowest BCUT2D eigenvalue weighted by atomic mass is 10.2. The number of carbonyl (C=O) groups is 1. The molecule has 0 aliphatic rings. The number of furan rings is 1. The van der Waals surface area contributed by atoms with E-state index in [4.69, 9.17) is 4.42 Å². The van der Waals surface area contributed by atoms with E-state index in [-0.39, 0.29) is 5.57 Å². The van der Waals surface area contributed by atoms with E-state index in [0.29, 0.717) is 16.5 Å². The topological polar surface area (TPSA) is 53.7 Å². The van der Waals surface area contributed by atoms with Crippen LogP contribution in [-0.2, 0) is 4.79 Å². The lowest BCUT2D eigenvalue weighted by Crippen LogP contribution is -2.27. The minimum Gasteiger partial charge on any atom is -0.464 e. The standard InChI is InChI=1S/C13H10BrNO3/c1-9(12-3-2-8-18-12)13(16)15(17)11-6-4-10(14)5-7-11/h2-8,17H,1H2. The molecule has 0 radical (unpaired) electrons. The maximum absolute atomic E-state index is 11.9.